The number of hydrogen-bond acceptors (Lipinski definition) is 4. The average molecular weight is 272 g/mol. The van der Waals surface area contributed by atoms with Crippen LogP contribution in [0.1, 0.15) is 36.7 Å². The molecule has 15 heavy (non-hydrogen) atoms. The molecule has 1 aromatic heterocycles. The topological polar surface area (TPSA) is 61.0 Å². The largest absolute Gasteiger partial charge is 0.383 e. The van der Waals surface area contributed by atoms with Crippen LogP contribution >= 0.6 is 15.9 Å². The van der Waals surface area contributed by atoms with Gasteiger partial charge in [-0.05, 0) is 28.8 Å². The van der Waals surface area contributed by atoms with E-state index in [1.807, 2.05) is 0 Å². The highest BCUT2D eigenvalue weighted by molar-refractivity contribution is 9.10. The van der Waals surface area contributed by atoms with E-state index >= 15 is 0 Å². The van der Waals surface area contributed by atoms with Crippen molar-refractivity contribution in [1.82, 2.24) is 9.97 Å². The van der Waals surface area contributed by atoms with Crippen molar-refractivity contribution in [3.05, 3.63) is 16.0 Å². The summed E-state index contributed by atoms with van der Waals surface area (Å²) in [5.41, 5.74) is 6.65. The number of ether oxygens (including phenoxy) is 1. The monoisotopic (exact) mass is 271 g/mol. The van der Waals surface area contributed by atoms with Crippen LogP contribution in [0.2, 0.25) is 0 Å². The molecule has 1 aliphatic rings. The van der Waals surface area contributed by atoms with Gasteiger partial charge in [0.25, 0.3) is 0 Å². The quantitative estimate of drug-likeness (QED) is 0.916. The Labute approximate surface area is 97.4 Å². The van der Waals surface area contributed by atoms with Gasteiger partial charge >= 0.3 is 0 Å². The summed E-state index contributed by atoms with van der Waals surface area (Å²) in [6.45, 7) is 0.465. The number of halogens is 1. The number of nitrogens with two attached hydrogens (primary N) is 1. The highest BCUT2D eigenvalue weighted by Crippen LogP contribution is 2.36. The highest BCUT2D eigenvalue weighted by Gasteiger charge is 2.24. The van der Waals surface area contributed by atoms with Crippen LogP contribution in [0.15, 0.2) is 4.47 Å². The number of methoxy groups -OCH3 is 1. The highest BCUT2D eigenvalue weighted by atomic mass is 79.9. The lowest BCUT2D eigenvalue weighted by Crippen LogP contribution is -2.15. The summed E-state index contributed by atoms with van der Waals surface area (Å²) in [7, 11) is 1.65. The summed E-state index contributed by atoms with van der Waals surface area (Å²) < 4.78 is 5.83. The zero-order chi connectivity index (χ0) is 10.8. The lowest BCUT2D eigenvalue weighted by Gasteiger charge is -2.24. The predicted octanol–water partition coefficient (Wildman–Crippen LogP) is 2.24. The third kappa shape index (κ3) is 2.13. The molecular weight excluding hydrogens is 258 g/mol. The summed E-state index contributed by atoms with van der Waals surface area (Å²) in [6, 6.07) is 0. The molecule has 0 spiro atoms. The normalized spacial score (nSPS) is 16.4. The van der Waals surface area contributed by atoms with Crippen LogP contribution in [-0.2, 0) is 11.3 Å². The summed E-state index contributed by atoms with van der Waals surface area (Å²) in [5.74, 6) is 1.88. The molecule has 0 amide bonds. The third-order valence-corrected chi connectivity index (χ3v) is 3.58. The Bertz CT molecular complexity index is 366. The third-order valence-electron chi connectivity index (χ3n) is 2.71. The predicted molar refractivity (Wildman–Crippen MR) is 61.4 cm³/mol. The molecule has 0 aromatic carbocycles. The first kappa shape index (κ1) is 10.8. The average Bonchev–Trinajstić information content (AvgIpc) is 2.11. The van der Waals surface area contributed by atoms with Crippen LogP contribution in [0.3, 0.4) is 0 Å². The summed E-state index contributed by atoms with van der Waals surface area (Å²) in [6.07, 6.45) is 3.62. The van der Waals surface area contributed by atoms with E-state index in [1.165, 1.54) is 19.3 Å². The minimum atomic E-state index is 0.465. The van der Waals surface area contributed by atoms with Gasteiger partial charge in [0.2, 0.25) is 0 Å². The first-order valence-electron chi connectivity index (χ1n) is 5.03. The molecule has 0 aliphatic heterocycles. The van der Waals surface area contributed by atoms with Crippen LogP contribution in [0.5, 0.6) is 0 Å². The second-order valence-corrected chi connectivity index (χ2v) is 4.58. The first-order chi connectivity index (χ1) is 7.22. The van der Waals surface area contributed by atoms with Gasteiger partial charge in [0.15, 0.2) is 0 Å². The van der Waals surface area contributed by atoms with Crippen LogP contribution in [0.4, 0.5) is 5.82 Å². The van der Waals surface area contributed by atoms with Crippen molar-refractivity contribution in [2.75, 3.05) is 12.8 Å². The zero-order valence-electron chi connectivity index (χ0n) is 8.66. The molecular formula is C10H14BrN3O. The van der Waals surface area contributed by atoms with Crippen molar-refractivity contribution in [1.29, 1.82) is 0 Å². The van der Waals surface area contributed by atoms with E-state index in [4.69, 9.17) is 10.5 Å². The molecule has 0 bridgehead atoms. The van der Waals surface area contributed by atoms with Gasteiger partial charge in [0.1, 0.15) is 11.6 Å². The molecule has 1 heterocycles. The Kier molecular flexibility index (Phi) is 3.21. The molecule has 1 saturated carbocycles. The fourth-order valence-electron chi connectivity index (χ4n) is 1.61. The summed E-state index contributed by atoms with van der Waals surface area (Å²) in [4.78, 5) is 8.78. The zero-order valence-corrected chi connectivity index (χ0v) is 10.2. The number of nitrogens with zero attached hydrogens (tertiary/aromatic N) is 2. The van der Waals surface area contributed by atoms with Crippen molar-refractivity contribution >= 4 is 21.7 Å². The molecule has 1 aromatic rings. The van der Waals surface area contributed by atoms with Crippen LogP contribution in [0.25, 0.3) is 0 Å². The van der Waals surface area contributed by atoms with E-state index in [1.54, 1.807) is 7.11 Å². The van der Waals surface area contributed by atoms with Gasteiger partial charge in [0.05, 0.1) is 16.8 Å². The lowest BCUT2D eigenvalue weighted by atomic mass is 9.85. The Balaban J connectivity index is 2.31. The van der Waals surface area contributed by atoms with Crippen LogP contribution in [-0.4, -0.2) is 17.1 Å². The number of anilines is 1. The number of nitrogen functional groups attached to an aromatic ring is 1. The van der Waals surface area contributed by atoms with Gasteiger partial charge in [-0.2, -0.15) is 0 Å². The van der Waals surface area contributed by atoms with E-state index in [2.05, 4.69) is 25.9 Å². The second-order valence-electron chi connectivity index (χ2n) is 3.79. The molecule has 5 heteroatoms. The van der Waals surface area contributed by atoms with Crippen molar-refractivity contribution in [3.63, 3.8) is 0 Å². The van der Waals surface area contributed by atoms with E-state index in [0.29, 0.717) is 18.3 Å². The molecule has 0 atom stereocenters. The lowest BCUT2D eigenvalue weighted by molar-refractivity contribution is 0.180. The van der Waals surface area contributed by atoms with E-state index < -0.39 is 0 Å². The molecule has 0 saturated heterocycles. The number of rotatable bonds is 3. The Morgan fingerprint density at radius 2 is 2.20 bits per heavy atom. The van der Waals surface area contributed by atoms with Crippen molar-refractivity contribution in [2.45, 2.75) is 31.8 Å². The van der Waals surface area contributed by atoms with E-state index in [-0.39, 0.29) is 0 Å². The minimum Gasteiger partial charge on any atom is -0.383 e. The van der Waals surface area contributed by atoms with Gasteiger partial charge in [0, 0.05) is 13.0 Å². The van der Waals surface area contributed by atoms with Crippen LogP contribution < -0.4 is 5.73 Å². The number of hydrogen-bond donors (Lipinski definition) is 1. The minimum absolute atomic E-state index is 0.465. The van der Waals surface area contributed by atoms with Crippen molar-refractivity contribution in [2.24, 2.45) is 0 Å². The summed E-state index contributed by atoms with van der Waals surface area (Å²) in [5, 5.41) is 0. The van der Waals surface area contributed by atoms with Gasteiger partial charge in [-0.3, -0.25) is 0 Å². The fraction of sp³-hybridized carbons (Fsp3) is 0.600. The maximum Gasteiger partial charge on any atom is 0.141 e. The second kappa shape index (κ2) is 4.45. The Morgan fingerprint density at radius 1 is 1.47 bits per heavy atom. The van der Waals surface area contributed by atoms with E-state index in [0.717, 1.165) is 16.0 Å². The van der Waals surface area contributed by atoms with Gasteiger partial charge in [-0.15, -0.1) is 0 Å². The van der Waals surface area contributed by atoms with Crippen molar-refractivity contribution in [3.8, 4) is 0 Å². The van der Waals surface area contributed by atoms with Gasteiger partial charge in [-0.1, -0.05) is 6.42 Å². The molecule has 1 aliphatic carbocycles. The smallest absolute Gasteiger partial charge is 0.141 e. The molecule has 0 radical (unpaired) electrons. The molecule has 2 rings (SSSR count). The maximum atomic E-state index is 5.81. The first-order valence-corrected chi connectivity index (χ1v) is 5.82. The standard InChI is InChI=1S/C10H14BrN3O/c1-15-5-7-8(11)9(12)14-10(13-7)6-3-2-4-6/h6H,2-5H2,1H3,(H2,12,13,14). The molecule has 2 N–H and O–H groups in total. The SMILES string of the molecule is COCc1nc(C2CCC2)nc(N)c1Br. The molecule has 1 fully saturated rings. The maximum absolute atomic E-state index is 5.81. The van der Waals surface area contributed by atoms with Gasteiger partial charge < -0.3 is 10.5 Å². The Hall–Kier alpha value is -0.680. The molecule has 4 nitrogen and oxygen atoms in total. The van der Waals surface area contributed by atoms with Gasteiger partial charge in [-0.25, -0.2) is 9.97 Å². The van der Waals surface area contributed by atoms with E-state index in [9.17, 15) is 0 Å². The molecule has 0 unspecified atom stereocenters. The Morgan fingerprint density at radius 3 is 2.73 bits per heavy atom. The number of aromatic nitrogens is 2. The fourth-order valence-corrected chi connectivity index (χ4v) is 1.91. The molecule has 82 valence electrons. The van der Waals surface area contributed by atoms with Crippen molar-refractivity contribution < 1.29 is 4.74 Å². The van der Waals surface area contributed by atoms with Crippen LogP contribution in [0, 0.1) is 0 Å². The summed E-state index contributed by atoms with van der Waals surface area (Å²) >= 11 is 3.37.